The molecule has 176 valence electrons. The molecule has 1 fully saturated rings. The van der Waals surface area contributed by atoms with Gasteiger partial charge >= 0.3 is 0 Å². The molecule has 0 spiro atoms. The van der Waals surface area contributed by atoms with Crippen molar-refractivity contribution >= 4 is 44.4 Å². The molecule has 3 aromatic rings. The first-order valence-corrected chi connectivity index (χ1v) is 13.8. The Bertz CT molecular complexity index is 1210. The first-order chi connectivity index (χ1) is 16.0. The Labute approximate surface area is 197 Å². The molecule has 1 saturated heterocycles. The van der Waals surface area contributed by atoms with Crippen molar-refractivity contribution in [1.82, 2.24) is 25.1 Å². The zero-order valence-electron chi connectivity index (χ0n) is 18.6. The highest BCUT2D eigenvalue weighted by atomic mass is 32.2. The molecule has 1 amide bonds. The van der Waals surface area contributed by atoms with E-state index in [-0.39, 0.29) is 23.0 Å². The summed E-state index contributed by atoms with van der Waals surface area (Å²) in [6.45, 7) is 4.80. The second-order valence-corrected chi connectivity index (χ2v) is 11.1. The van der Waals surface area contributed by atoms with Gasteiger partial charge in [0.05, 0.1) is 28.8 Å². The summed E-state index contributed by atoms with van der Waals surface area (Å²) in [6, 6.07) is 8.18. The number of nitrogens with zero attached hydrogens (tertiary/aromatic N) is 5. The minimum Gasteiger partial charge on any atom is -0.356 e. The molecule has 0 radical (unpaired) electrons. The van der Waals surface area contributed by atoms with Crippen molar-refractivity contribution in [1.29, 1.82) is 0 Å². The summed E-state index contributed by atoms with van der Waals surface area (Å²) >= 11 is 1.59. The molecule has 33 heavy (non-hydrogen) atoms. The van der Waals surface area contributed by atoms with E-state index in [9.17, 15) is 13.2 Å². The quantitative estimate of drug-likeness (QED) is 0.342. The molecule has 0 atom stereocenters. The van der Waals surface area contributed by atoms with Gasteiger partial charge in [0.2, 0.25) is 5.91 Å². The highest BCUT2D eigenvalue weighted by Gasteiger charge is 2.21. The number of fused-ring (bicyclic) bond motifs is 1. The second kappa shape index (κ2) is 10.5. The van der Waals surface area contributed by atoms with E-state index in [2.05, 4.69) is 22.2 Å². The van der Waals surface area contributed by atoms with Crippen LogP contribution < -0.4 is 10.2 Å². The summed E-state index contributed by atoms with van der Waals surface area (Å²) in [5.41, 5.74) is 0.753. The van der Waals surface area contributed by atoms with Crippen LogP contribution in [0.25, 0.3) is 11.0 Å². The fourth-order valence-corrected chi connectivity index (χ4v) is 5.63. The number of aromatic nitrogens is 4. The Morgan fingerprint density at radius 2 is 1.91 bits per heavy atom. The SMILES string of the molecule is CCSc1nc(N2CCCC2)c2cnn(CCNC(=O)CCS(=O)(=O)c3ccccc3)c2n1. The summed E-state index contributed by atoms with van der Waals surface area (Å²) in [5.74, 6) is 1.27. The number of carbonyl (C=O) groups excluding carboxylic acids is 1. The van der Waals surface area contributed by atoms with Crippen molar-refractivity contribution in [3.05, 3.63) is 36.5 Å². The average Bonchev–Trinajstić information content (AvgIpc) is 3.49. The van der Waals surface area contributed by atoms with Crippen LogP contribution in [0.15, 0.2) is 46.6 Å². The van der Waals surface area contributed by atoms with Crippen LogP contribution in [0, 0.1) is 0 Å². The summed E-state index contributed by atoms with van der Waals surface area (Å²) in [5, 5.41) is 8.92. The number of amides is 1. The Hall–Kier alpha value is -2.66. The third-order valence-corrected chi connectivity index (χ3v) is 7.94. The average molecular weight is 489 g/mol. The molecule has 0 bridgehead atoms. The molecule has 3 heterocycles. The van der Waals surface area contributed by atoms with Gasteiger partial charge in [-0.15, -0.1) is 0 Å². The number of thioether (sulfide) groups is 1. The molecule has 1 aliphatic heterocycles. The van der Waals surface area contributed by atoms with E-state index in [0.717, 1.165) is 53.7 Å². The number of benzene rings is 1. The molecule has 0 saturated carbocycles. The fraction of sp³-hybridized carbons (Fsp3) is 0.455. The minimum atomic E-state index is -3.48. The van der Waals surface area contributed by atoms with Crippen molar-refractivity contribution in [2.45, 2.75) is 42.8 Å². The largest absolute Gasteiger partial charge is 0.356 e. The third-order valence-electron chi connectivity index (χ3n) is 5.48. The Balaban J connectivity index is 1.38. The van der Waals surface area contributed by atoms with E-state index in [1.807, 2.05) is 0 Å². The van der Waals surface area contributed by atoms with E-state index >= 15 is 0 Å². The van der Waals surface area contributed by atoms with Crippen LogP contribution in [-0.2, 0) is 21.2 Å². The van der Waals surface area contributed by atoms with E-state index in [4.69, 9.17) is 9.97 Å². The first-order valence-electron chi connectivity index (χ1n) is 11.1. The standard InChI is InChI=1S/C22H28N6O3S2/c1-2-32-22-25-20(27-12-6-7-13-27)18-16-24-28(21(18)26-22)14-11-23-19(29)10-15-33(30,31)17-8-4-3-5-9-17/h3-5,8-9,16H,2,6-7,10-15H2,1H3,(H,23,29). The topological polar surface area (TPSA) is 110 Å². The van der Waals surface area contributed by atoms with Gasteiger partial charge in [0.15, 0.2) is 20.6 Å². The molecular weight excluding hydrogens is 460 g/mol. The molecule has 1 aromatic carbocycles. The number of hydrogen-bond donors (Lipinski definition) is 1. The number of carbonyl (C=O) groups is 1. The monoisotopic (exact) mass is 488 g/mol. The number of anilines is 1. The number of nitrogens with one attached hydrogen (secondary N) is 1. The highest BCUT2D eigenvalue weighted by Crippen LogP contribution is 2.29. The molecule has 9 nitrogen and oxygen atoms in total. The van der Waals surface area contributed by atoms with E-state index in [0.29, 0.717) is 13.1 Å². The van der Waals surface area contributed by atoms with Gasteiger partial charge in [-0.1, -0.05) is 36.9 Å². The van der Waals surface area contributed by atoms with Crippen molar-refractivity contribution in [2.24, 2.45) is 0 Å². The van der Waals surface area contributed by atoms with Crippen LogP contribution >= 0.6 is 11.8 Å². The van der Waals surface area contributed by atoms with E-state index < -0.39 is 9.84 Å². The van der Waals surface area contributed by atoms with Crippen molar-refractivity contribution in [3.8, 4) is 0 Å². The van der Waals surface area contributed by atoms with E-state index in [1.54, 1.807) is 53.0 Å². The van der Waals surface area contributed by atoms with Crippen LogP contribution in [0.3, 0.4) is 0 Å². The van der Waals surface area contributed by atoms with Crippen LogP contribution in [-0.4, -0.2) is 65.2 Å². The van der Waals surface area contributed by atoms with Gasteiger partial charge in [-0.3, -0.25) is 4.79 Å². The number of sulfone groups is 1. The van der Waals surface area contributed by atoms with Gasteiger partial charge < -0.3 is 10.2 Å². The lowest BCUT2D eigenvalue weighted by atomic mass is 10.3. The van der Waals surface area contributed by atoms with Crippen molar-refractivity contribution in [2.75, 3.05) is 36.0 Å². The summed E-state index contributed by atoms with van der Waals surface area (Å²) in [7, 11) is -3.48. The smallest absolute Gasteiger partial charge is 0.221 e. The molecular formula is C22H28N6O3S2. The molecule has 1 N–H and O–H groups in total. The normalized spacial score (nSPS) is 14.2. The summed E-state index contributed by atoms with van der Waals surface area (Å²) in [4.78, 5) is 24.2. The maximum atomic E-state index is 12.4. The van der Waals surface area contributed by atoms with E-state index in [1.165, 1.54) is 0 Å². The molecule has 0 unspecified atom stereocenters. The predicted molar refractivity (Wildman–Crippen MR) is 129 cm³/mol. The summed E-state index contributed by atoms with van der Waals surface area (Å²) in [6.07, 6.45) is 4.01. The molecule has 1 aliphatic rings. The van der Waals surface area contributed by atoms with Gasteiger partial charge in [0.25, 0.3) is 0 Å². The highest BCUT2D eigenvalue weighted by molar-refractivity contribution is 7.99. The maximum absolute atomic E-state index is 12.4. The Morgan fingerprint density at radius 3 is 2.64 bits per heavy atom. The van der Waals surface area contributed by atoms with Crippen LogP contribution in [0.5, 0.6) is 0 Å². The molecule has 11 heteroatoms. The minimum absolute atomic E-state index is 0.0877. The summed E-state index contributed by atoms with van der Waals surface area (Å²) < 4.78 is 26.5. The lowest BCUT2D eigenvalue weighted by Gasteiger charge is -2.17. The van der Waals surface area contributed by atoms with Gasteiger partial charge in [0.1, 0.15) is 5.82 Å². The molecule has 2 aromatic heterocycles. The molecule has 4 rings (SSSR count). The second-order valence-electron chi connectivity index (χ2n) is 7.79. The Kier molecular flexibility index (Phi) is 7.49. The predicted octanol–water partition coefficient (Wildman–Crippen LogP) is 2.52. The van der Waals surface area contributed by atoms with Crippen LogP contribution in [0.2, 0.25) is 0 Å². The van der Waals surface area contributed by atoms with Crippen molar-refractivity contribution < 1.29 is 13.2 Å². The van der Waals surface area contributed by atoms with Crippen molar-refractivity contribution in [3.63, 3.8) is 0 Å². The van der Waals surface area contributed by atoms with Gasteiger partial charge in [0, 0.05) is 26.1 Å². The number of rotatable bonds is 10. The third kappa shape index (κ3) is 5.64. The molecule has 0 aliphatic carbocycles. The zero-order chi connectivity index (χ0) is 23.3. The van der Waals surface area contributed by atoms with Gasteiger partial charge in [-0.2, -0.15) is 5.10 Å². The van der Waals surface area contributed by atoms with Crippen LogP contribution in [0.4, 0.5) is 5.82 Å². The van der Waals surface area contributed by atoms with Crippen LogP contribution in [0.1, 0.15) is 26.2 Å². The van der Waals surface area contributed by atoms with Gasteiger partial charge in [-0.25, -0.2) is 23.1 Å². The lowest BCUT2D eigenvalue weighted by Crippen LogP contribution is -2.29. The lowest BCUT2D eigenvalue weighted by molar-refractivity contribution is -0.120. The number of hydrogen-bond acceptors (Lipinski definition) is 8. The zero-order valence-corrected chi connectivity index (χ0v) is 20.2. The fourth-order valence-electron chi connectivity index (χ4n) is 3.81. The van der Waals surface area contributed by atoms with Gasteiger partial charge in [-0.05, 0) is 30.7 Å². The Morgan fingerprint density at radius 1 is 1.15 bits per heavy atom. The maximum Gasteiger partial charge on any atom is 0.221 e. The first kappa shape index (κ1) is 23.5.